The first-order chi connectivity index (χ1) is 7.24. The van der Waals surface area contributed by atoms with E-state index in [0.717, 1.165) is 21.4 Å². The van der Waals surface area contributed by atoms with Gasteiger partial charge in [-0.25, -0.2) is 0 Å². The second-order valence-electron chi connectivity index (χ2n) is 3.01. The highest BCUT2D eigenvalue weighted by Crippen LogP contribution is 2.22. The van der Waals surface area contributed by atoms with Crippen molar-refractivity contribution in [3.05, 3.63) is 39.4 Å². The molecule has 0 bridgehead atoms. The third-order valence-corrected chi connectivity index (χ3v) is 3.09. The van der Waals surface area contributed by atoms with Crippen molar-refractivity contribution in [2.75, 3.05) is 7.11 Å². The van der Waals surface area contributed by atoms with Crippen molar-refractivity contribution in [3.8, 4) is 5.75 Å². The minimum Gasteiger partial charge on any atom is -0.497 e. The zero-order chi connectivity index (χ0) is 10.8. The maximum absolute atomic E-state index is 11.4. The number of carbonyl (C=O) groups is 1. The third-order valence-electron chi connectivity index (χ3n) is 2.10. The molecule has 1 aromatic heterocycles. The molecule has 0 unspecified atom stereocenters. The Kier molecular flexibility index (Phi) is 2.51. The highest BCUT2D eigenvalue weighted by Gasteiger charge is 2.03. The van der Waals surface area contributed by atoms with Gasteiger partial charge in [0, 0.05) is 4.70 Å². The van der Waals surface area contributed by atoms with E-state index in [-0.39, 0.29) is 10.3 Å². The largest absolute Gasteiger partial charge is 0.497 e. The Morgan fingerprint density at radius 1 is 1.33 bits per heavy atom. The Bertz CT molecular complexity index is 572. The lowest BCUT2D eigenvalue weighted by atomic mass is 10.2. The van der Waals surface area contributed by atoms with Gasteiger partial charge in [0.25, 0.3) is 0 Å². The maximum Gasteiger partial charge on any atom is 0.243 e. The van der Waals surface area contributed by atoms with Gasteiger partial charge in [0.15, 0.2) is 6.29 Å². The van der Waals surface area contributed by atoms with Crippen LogP contribution in [-0.2, 0) is 0 Å². The standard InChI is InChI=1S/C11H8O3S/c1-14-9-3-2-7-4-8(6-12)11(13)15-10(7)5-9/h2-6H,1H3. The molecule has 4 heteroatoms. The summed E-state index contributed by atoms with van der Waals surface area (Å²) in [6.07, 6.45) is 0.586. The summed E-state index contributed by atoms with van der Waals surface area (Å²) < 4.78 is 5.66. The molecule has 0 radical (unpaired) electrons. The lowest BCUT2D eigenvalue weighted by molar-refractivity contribution is 0.112. The number of hydrogen-bond acceptors (Lipinski definition) is 4. The molecular formula is C11H8O3S. The Balaban J connectivity index is 2.75. The van der Waals surface area contributed by atoms with E-state index in [1.165, 1.54) is 0 Å². The van der Waals surface area contributed by atoms with E-state index < -0.39 is 0 Å². The van der Waals surface area contributed by atoms with Gasteiger partial charge in [0.05, 0.1) is 12.7 Å². The second kappa shape index (κ2) is 3.82. The molecular weight excluding hydrogens is 212 g/mol. The van der Waals surface area contributed by atoms with Crippen LogP contribution in [0.3, 0.4) is 0 Å². The summed E-state index contributed by atoms with van der Waals surface area (Å²) in [5.74, 6) is 0.706. The van der Waals surface area contributed by atoms with E-state index in [4.69, 9.17) is 4.74 Å². The van der Waals surface area contributed by atoms with Crippen molar-refractivity contribution >= 4 is 27.7 Å². The molecule has 2 aromatic rings. The summed E-state index contributed by atoms with van der Waals surface area (Å²) in [5.41, 5.74) is 0.206. The zero-order valence-electron chi connectivity index (χ0n) is 8.02. The fraction of sp³-hybridized carbons (Fsp3) is 0.0909. The fourth-order valence-corrected chi connectivity index (χ4v) is 2.16. The number of carbonyl (C=O) groups excluding carboxylic acids is 1. The molecule has 0 fully saturated rings. The van der Waals surface area contributed by atoms with Crippen LogP contribution >= 0.6 is 11.3 Å². The van der Waals surface area contributed by atoms with E-state index in [9.17, 15) is 9.59 Å². The first-order valence-corrected chi connectivity index (χ1v) is 5.13. The average Bonchev–Trinajstić information content (AvgIpc) is 2.27. The Morgan fingerprint density at radius 3 is 2.80 bits per heavy atom. The van der Waals surface area contributed by atoms with Crippen molar-refractivity contribution < 1.29 is 9.53 Å². The number of fused-ring (bicyclic) bond motifs is 1. The normalized spacial score (nSPS) is 10.2. The maximum atomic E-state index is 11.4. The van der Waals surface area contributed by atoms with E-state index >= 15 is 0 Å². The summed E-state index contributed by atoms with van der Waals surface area (Å²) >= 11 is 1.06. The molecule has 0 aliphatic heterocycles. The molecule has 0 saturated carbocycles. The summed E-state index contributed by atoms with van der Waals surface area (Å²) in [6, 6.07) is 7.02. The lowest BCUT2D eigenvalue weighted by Crippen LogP contribution is -2.01. The second-order valence-corrected chi connectivity index (χ2v) is 4.03. The number of aldehydes is 1. The van der Waals surface area contributed by atoms with Gasteiger partial charge in [-0.15, -0.1) is 0 Å². The molecule has 15 heavy (non-hydrogen) atoms. The van der Waals surface area contributed by atoms with Crippen LogP contribution in [0.5, 0.6) is 5.75 Å². The van der Waals surface area contributed by atoms with Crippen molar-refractivity contribution in [3.63, 3.8) is 0 Å². The van der Waals surface area contributed by atoms with E-state index in [2.05, 4.69) is 0 Å². The molecule has 0 amide bonds. The molecule has 1 aromatic carbocycles. The van der Waals surface area contributed by atoms with Crippen LogP contribution in [0, 0.1) is 0 Å². The lowest BCUT2D eigenvalue weighted by Gasteiger charge is -2.01. The number of ether oxygens (including phenoxy) is 1. The minimum absolute atomic E-state index is 0.206. The first-order valence-electron chi connectivity index (χ1n) is 4.31. The third kappa shape index (κ3) is 1.76. The van der Waals surface area contributed by atoms with Crippen molar-refractivity contribution in [1.29, 1.82) is 0 Å². The van der Waals surface area contributed by atoms with Crippen molar-refractivity contribution in [2.24, 2.45) is 0 Å². The molecule has 0 saturated heterocycles. The SMILES string of the molecule is COc1ccc2cc(C=O)c(=O)sc2c1. The molecule has 0 spiro atoms. The predicted octanol–water partition coefficient (Wildman–Crippen LogP) is 2.08. The van der Waals surface area contributed by atoms with Crippen LogP contribution < -0.4 is 9.48 Å². The number of benzene rings is 1. The average molecular weight is 220 g/mol. The Hall–Kier alpha value is -1.68. The van der Waals surface area contributed by atoms with Crippen LogP contribution in [0.2, 0.25) is 0 Å². The van der Waals surface area contributed by atoms with Crippen LogP contribution in [0.4, 0.5) is 0 Å². The van der Waals surface area contributed by atoms with Gasteiger partial charge >= 0.3 is 0 Å². The molecule has 0 atom stereocenters. The van der Waals surface area contributed by atoms with Gasteiger partial charge in [0.1, 0.15) is 5.75 Å². The fourth-order valence-electron chi connectivity index (χ4n) is 1.32. The highest BCUT2D eigenvalue weighted by molar-refractivity contribution is 7.16. The topological polar surface area (TPSA) is 43.4 Å². The Labute approximate surface area is 89.9 Å². The van der Waals surface area contributed by atoms with E-state index in [0.29, 0.717) is 12.0 Å². The molecule has 76 valence electrons. The Morgan fingerprint density at radius 2 is 2.13 bits per heavy atom. The predicted molar refractivity (Wildman–Crippen MR) is 60.0 cm³/mol. The summed E-state index contributed by atoms with van der Waals surface area (Å²) in [4.78, 5) is 22.0. The molecule has 3 nitrogen and oxygen atoms in total. The summed E-state index contributed by atoms with van der Waals surface area (Å²) in [6.45, 7) is 0. The molecule has 2 rings (SSSR count). The van der Waals surface area contributed by atoms with E-state index in [1.54, 1.807) is 25.3 Å². The van der Waals surface area contributed by atoms with Crippen molar-refractivity contribution in [1.82, 2.24) is 0 Å². The summed E-state index contributed by atoms with van der Waals surface area (Å²) in [7, 11) is 1.57. The van der Waals surface area contributed by atoms with E-state index in [1.807, 2.05) is 6.07 Å². The van der Waals surface area contributed by atoms with Gasteiger partial charge in [-0.2, -0.15) is 0 Å². The van der Waals surface area contributed by atoms with Gasteiger partial charge < -0.3 is 4.74 Å². The van der Waals surface area contributed by atoms with Crippen LogP contribution in [0.15, 0.2) is 29.1 Å². The quantitative estimate of drug-likeness (QED) is 0.728. The molecule has 0 aliphatic carbocycles. The summed E-state index contributed by atoms with van der Waals surface area (Å²) in [5, 5.41) is 0.877. The molecule has 1 heterocycles. The number of methoxy groups -OCH3 is 1. The van der Waals surface area contributed by atoms with Crippen LogP contribution in [0.25, 0.3) is 10.1 Å². The highest BCUT2D eigenvalue weighted by atomic mass is 32.1. The zero-order valence-corrected chi connectivity index (χ0v) is 8.84. The number of hydrogen-bond donors (Lipinski definition) is 0. The smallest absolute Gasteiger partial charge is 0.243 e. The number of rotatable bonds is 2. The minimum atomic E-state index is -0.217. The van der Waals surface area contributed by atoms with Crippen LogP contribution in [-0.4, -0.2) is 13.4 Å². The van der Waals surface area contributed by atoms with Gasteiger partial charge in [-0.3, -0.25) is 9.59 Å². The van der Waals surface area contributed by atoms with Gasteiger partial charge in [-0.05, 0) is 29.7 Å². The van der Waals surface area contributed by atoms with Gasteiger partial charge in [-0.1, -0.05) is 11.3 Å². The molecule has 0 aliphatic rings. The molecule has 0 N–H and O–H groups in total. The van der Waals surface area contributed by atoms with Gasteiger partial charge in [0.2, 0.25) is 4.74 Å². The monoisotopic (exact) mass is 220 g/mol. The van der Waals surface area contributed by atoms with Crippen molar-refractivity contribution in [2.45, 2.75) is 0 Å². The van der Waals surface area contributed by atoms with Crippen LogP contribution in [0.1, 0.15) is 10.4 Å². The first kappa shape index (κ1) is 9.86.